The summed E-state index contributed by atoms with van der Waals surface area (Å²) in [6.07, 6.45) is 2.24. The average molecular weight is 230 g/mol. The van der Waals surface area contributed by atoms with Gasteiger partial charge >= 0.3 is 11.9 Å². The molecule has 0 aromatic heterocycles. The molecular weight excluding hydrogens is 212 g/mol. The standard InChI is InChI=1S/C11H18O5/c1-8(2)3-4-9(12)7-16-11(15)6-5-10(13)14/h5-6,8-9,12H,3-4,7H2,1-2H3,(H,13,14)/b6-5+. The maximum atomic E-state index is 10.9. The largest absolute Gasteiger partial charge is 0.478 e. The lowest BCUT2D eigenvalue weighted by Crippen LogP contribution is -2.18. The highest BCUT2D eigenvalue weighted by Crippen LogP contribution is 2.06. The van der Waals surface area contributed by atoms with Gasteiger partial charge < -0.3 is 14.9 Å². The van der Waals surface area contributed by atoms with Crippen LogP contribution in [-0.2, 0) is 14.3 Å². The SMILES string of the molecule is CC(C)CCC(O)COC(=O)/C=C/C(=O)O. The molecule has 0 spiro atoms. The van der Waals surface area contributed by atoms with E-state index in [2.05, 4.69) is 4.74 Å². The monoisotopic (exact) mass is 230 g/mol. The van der Waals surface area contributed by atoms with Crippen molar-refractivity contribution < 1.29 is 24.5 Å². The third-order valence-electron chi connectivity index (χ3n) is 1.86. The van der Waals surface area contributed by atoms with Crippen LogP contribution in [-0.4, -0.2) is 34.9 Å². The highest BCUT2D eigenvalue weighted by molar-refractivity contribution is 5.90. The molecule has 0 aliphatic carbocycles. The third-order valence-corrected chi connectivity index (χ3v) is 1.86. The summed E-state index contributed by atoms with van der Waals surface area (Å²) in [5, 5.41) is 17.6. The van der Waals surface area contributed by atoms with Gasteiger partial charge in [0.1, 0.15) is 6.61 Å². The van der Waals surface area contributed by atoms with Gasteiger partial charge in [0.15, 0.2) is 0 Å². The number of ether oxygens (including phenoxy) is 1. The molecular formula is C11H18O5. The molecule has 0 radical (unpaired) electrons. The van der Waals surface area contributed by atoms with Gasteiger partial charge in [0.2, 0.25) is 0 Å². The summed E-state index contributed by atoms with van der Waals surface area (Å²) in [6.45, 7) is 3.97. The van der Waals surface area contributed by atoms with E-state index in [4.69, 9.17) is 5.11 Å². The minimum absolute atomic E-state index is 0.102. The van der Waals surface area contributed by atoms with Crippen molar-refractivity contribution in [2.24, 2.45) is 5.92 Å². The van der Waals surface area contributed by atoms with Crippen LogP contribution in [0, 0.1) is 5.92 Å². The molecule has 1 unspecified atom stereocenters. The molecule has 0 rings (SSSR count). The zero-order valence-corrected chi connectivity index (χ0v) is 9.55. The number of carbonyl (C=O) groups excluding carboxylic acids is 1. The number of hydrogen-bond donors (Lipinski definition) is 2. The lowest BCUT2D eigenvalue weighted by Gasteiger charge is -2.11. The molecule has 0 amide bonds. The van der Waals surface area contributed by atoms with Gasteiger partial charge in [-0.2, -0.15) is 0 Å². The van der Waals surface area contributed by atoms with Crippen LogP contribution in [0.1, 0.15) is 26.7 Å². The summed E-state index contributed by atoms with van der Waals surface area (Å²) < 4.78 is 4.65. The van der Waals surface area contributed by atoms with Crippen LogP contribution in [0.4, 0.5) is 0 Å². The Kier molecular flexibility index (Phi) is 7.20. The van der Waals surface area contributed by atoms with Crippen molar-refractivity contribution in [3.8, 4) is 0 Å². The van der Waals surface area contributed by atoms with Gasteiger partial charge in [0, 0.05) is 12.2 Å². The molecule has 0 saturated carbocycles. The Morgan fingerprint density at radius 1 is 1.25 bits per heavy atom. The number of carboxylic acid groups (broad SMARTS) is 1. The van der Waals surface area contributed by atoms with Crippen molar-refractivity contribution in [2.45, 2.75) is 32.8 Å². The van der Waals surface area contributed by atoms with E-state index in [1.54, 1.807) is 0 Å². The summed E-state index contributed by atoms with van der Waals surface area (Å²) in [5.41, 5.74) is 0. The van der Waals surface area contributed by atoms with Crippen LogP contribution in [0.2, 0.25) is 0 Å². The minimum atomic E-state index is -1.21. The Bertz CT molecular complexity index is 257. The van der Waals surface area contributed by atoms with Gasteiger partial charge in [-0.05, 0) is 18.8 Å². The Morgan fingerprint density at radius 2 is 1.88 bits per heavy atom. The van der Waals surface area contributed by atoms with E-state index in [0.29, 0.717) is 18.4 Å². The number of esters is 1. The predicted octanol–water partition coefficient (Wildman–Crippen LogP) is 0.967. The van der Waals surface area contributed by atoms with E-state index in [-0.39, 0.29) is 6.61 Å². The van der Waals surface area contributed by atoms with Crippen molar-refractivity contribution in [2.75, 3.05) is 6.61 Å². The van der Waals surface area contributed by atoms with Crippen molar-refractivity contribution in [3.63, 3.8) is 0 Å². The van der Waals surface area contributed by atoms with E-state index in [1.807, 2.05) is 13.8 Å². The number of aliphatic hydroxyl groups is 1. The number of aliphatic carboxylic acids is 1. The fourth-order valence-corrected chi connectivity index (χ4v) is 0.975. The Labute approximate surface area is 94.7 Å². The number of aliphatic hydroxyl groups excluding tert-OH is 1. The lowest BCUT2D eigenvalue weighted by molar-refractivity contribution is -0.141. The molecule has 0 aliphatic rings. The molecule has 0 saturated heterocycles. The van der Waals surface area contributed by atoms with E-state index < -0.39 is 18.0 Å². The zero-order valence-electron chi connectivity index (χ0n) is 9.55. The molecule has 0 aromatic rings. The Morgan fingerprint density at radius 3 is 2.38 bits per heavy atom. The number of hydrogen-bond acceptors (Lipinski definition) is 4. The van der Waals surface area contributed by atoms with Crippen LogP contribution in [0.5, 0.6) is 0 Å². The van der Waals surface area contributed by atoms with Crippen molar-refractivity contribution in [1.82, 2.24) is 0 Å². The van der Waals surface area contributed by atoms with Crippen LogP contribution in [0.15, 0.2) is 12.2 Å². The topological polar surface area (TPSA) is 83.8 Å². The zero-order chi connectivity index (χ0) is 12.6. The minimum Gasteiger partial charge on any atom is -0.478 e. The molecule has 0 aromatic carbocycles. The first-order valence-corrected chi connectivity index (χ1v) is 5.17. The summed E-state index contributed by atoms with van der Waals surface area (Å²) in [5.74, 6) is -1.49. The molecule has 0 fully saturated rings. The van der Waals surface area contributed by atoms with Crippen LogP contribution >= 0.6 is 0 Å². The van der Waals surface area contributed by atoms with E-state index in [0.717, 1.165) is 12.5 Å². The van der Waals surface area contributed by atoms with E-state index in [9.17, 15) is 14.7 Å². The fraction of sp³-hybridized carbons (Fsp3) is 0.636. The van der Waals surface area contributed by atoms with Crippen LogP contribution in [0.25, 0.3) is 0 Å². The smallest absolute Gasteiger partial charge is 0.331 e. The summed E-state index contributed by atoms with van der Waals surface area (Å²) >= 11 is 0. The first-order valence-electron chi connectivity index (χ1n) is 5.17. The van der Waals surface area contributed by atoms with Gasteiger partial charge in [-0.15, -0.1) is 0 Å². The van der Waals surface area contributed by atoms with Crippen molar-refractivity contribution in [1.29, 1.82) is 0 Å². The van der Waals surface area contributed by atoms with E-state index in [1.165, 1.54) is 0 Å². The van der Waals surface area contributed by atoms with Gasteiger partial charge in [-0.25, -0.2) is 9.59 Å². The highest BCUT2D eigenvalue weighted by atomic mass is 16.5. The number of rotatable bonds is 7. The maximum Gasteiger partial charge on any atom is 0.331 e. The molecule has 5 heteroatoms. The van der Waals surface area contributed by atoms with Crippen molar-refractivity contribution in [3.05, 3.63) is 12.2 Å². The van der Waals surface area contributed by atoms with Gasteiger partial charge in [-0.1, -0.05) is 13.8 Å². The first kappa shape index (κ1) is 14.6. The summed E-state index contributed by atoms with van der Waals surface area (Å²) in [7, 11) is 0. The quantitative estimate of drug-likeness (QED) is 0.503. The third kappa shape index (κ3) is 9.21. The molecule has 1 atom stereocenters. The average Bonchev–Trinajstić information content (AvgIpc) is 2.20. The molecule has 2 N–H and O–H groups in total. The van der Waals surface area contributed by atoms with Crippen molar-refractivity contribution >= 4 is 11.9 Å². The second-order valence-electron chi connectivity index (χ2n) is 3.93. The second-order valence-corrected chi connectivity index (χ2v) is 3.93. The van der Waals surface area contributed by atoms with E-state index >= 15 is 0 Å². The molecule has 0 aliphatic heterocycles. The maximum absolute atomic E-state index is 10.9. The molecule has 16 heavy (non-hydrogen) atoms. The summed E-state index contributed by atoms with van der Waals surface area (Å²) in [4.78, 5) is 21.0. The Hall–Kier alpha value is -1.36. The van der Waals surface area contributed by atoms with Gasteiger partial charge in [0.25, 0.3) is 0 Å². The normalized spacial score (nSPS) is 13.0. The molecule has 0 bridgehead atoms. The van der Waals surface area contributed by atoms with Crippen LogP contribution in [0.3, 0.4) is 0 Å². The van der Waals surface area contributed by atoms with Gasteiger partial charge in [0.05, 0.1) is 6.10 Å². The second kappa shape index (κ2) is 7.87. The fourth-order valence-electron chi connectivity index (χ4n) is 0.975. The van der Waals surface area contributed by atoms with Crippen LogP contribution < -0.4 is 0 Å². The van der Waals surface area contributed by atoms with Gasteiger partial charge in [-0.3, -0.25) is 0 Å². The summed E-state index contributed by atoms with van der Waals surface area (Å²) in [6, 6.07) is 0. The highest BCUT2D eigenvalue weighted by Gasteiger charge is 2.08. The predicted molar refractivity (Wildman–Crippen MR) is 57.8 cm³/mol. The molecule has 0 heterocycles. The molecule has 5 nitrogen and oxygen atoms in total. The lowest BCUT2D eigenvalue weighted by atomic mass is 10.1. The number of carbonyl (C=O) groups is 2. The molecule has 92 valence electrons. The number of carboxylic acids is 1. The first-order chi connectivity index (χ1) is 7.41. The Balaban J connectivity index is 3.70.